The summed E-state index contributed by atoms with van der Waals surface area (Å²) in [5.41, 5.74) is -0.544. The number of nitrogens with zero attached hydrogens (tertiary/aromatic N) is 5. The van der Waals surface area contributed by atoms with Gasteiger partial charge in [0.15, 0.2) is 23.1 Å². The maximum Gasteiger partial charge on any atom is 0.451 e. The lowest BCUT2D eigenvalue weighted by atomic mass is 9.92. The second-order valence-electron chi connectivity index (χ2n) is 9.13. The van der Waals surface area contributed by atoms with Gasteiger partial charge in [-0.15, -0.1) is 0 Å². The third kappa shape index (κ3) is 4.14. The minimum atomic E-state index is -4.76. The number of anilines is 1. The molecular formula is C23H18F5N5O4. The van der Waals surface area contributed by atoms with Gasteiger partial charge >= 0.3 is 11.9 Å². The molecule has 6 rings (SSSR count). The van der Waals surface area contributed by atoms with Gasteiger partial charge in [-0.3, -0.25) is 4.57 Å². The van der Waals surface area contributed by atoms with Crippen LogP contribution in [0.2, 0.25) is 0 Å². The Hall–Kier alpha value is -3.81. The van der Waals surface area contributed by atoms with Crippen molar-refractivity contribution in [2.24, 2.45) is 0 Å². The monoisotopic (exact) mass is 523 g/mol. The molecule has 0 radical (unpaired) electrons. The Morgan fingerprint density at radius 2 is 1.86 bits per heavy atom. The van der Waals surface area contributed by atoms with E-state index in [-0.39, 0.29) is 35.4 Å². The van der Waals surface area contributed by atoms with E-state index in [1.165, 1.54) is 0 Å². The molecule has 0 aliphatic carbocycles. The number of ether oxygens (including phenoxy) is 3. The van der Waals surface area contributed by atoms with Gasteiger partial charge in [0.25, 0.3) is 0 Å². The number of aromatic nitrogens is 4. The number of hydrogen-bond acceptors (Lipinski definition) is 8. The molecule has 2 fully saturated rings. The van der Waals surface area contributed by atoms with Crippen LogP contribution in [0.3, 0.4) is 0 Å². The van der Waals surface area contributed by atoms with Crippen LogP contribution in [0.1, 0.15) is 24.2 Å². The molecule has 2 saturated heterocycles. The second kappa shape index (κ2) is 8.36. The average molecular weight is 523 g/mol. The zero-order valence-corrected chi connectivity index (χ0v) is 19.0. The van der Waals surface area contributed by atoms with Crippen molar-refractivity contribution in [3.8, 4) is 17.4 Å². The highest BCUT2D eigenvalue weighted by Crippen LogP contribution is 2.46. The number of benzene rings is 1. The Morgan fingerprint density at radius 1 is 1.14 bits per heavy atom. The van der Waals surface area contributed by atoms with Gasteiger partial charge in [-0.1, -0.05) is 0 Å². The summed E-state index contributed by atoms with van der Waals surface area (Å²) >= 11 is 0. The van der Waals surface area contributed by atoms with Crippen LogP contribution in [-0.2, 0) is 24.1 Å². The lowest BCUT2D eigenvalue weighted by molar-refractivity contribution is -0.145. The summed E-state index contributed by atoms with van der Waals surface area (Å²) < 4.78 is 84.9. The van der Waals surface area contributed by atoms with E-state index in [0.29, 0.717) is 37.9 Å². The normalized spacial score (nSPS) is 22.1. The van der Waals surface area contributed by atoms with Crippen molar-refractivity contribution >= 4 is 5.82 Å². The van der Waals surface area contributed by atoms with E-state index in [0.717, 1.165) is 25.0 Å². The molecule has 14 heteroatoms. The van der Waals surface area contributed by atoms with Crippen LogP contribution in [0, 0.1) is 11.6 Å². The van der Waals surface area contributed by atoms with Gasteiger partial charge in [0.05, 0.1) is 30.6 Å². The molecule has 2 bridgehead atoms. The first-order valence-corrected chi connectivity index (χ1v) is 11.3. The van der Waals surface area contributed by atoms with E-state index in [1.54, 1.807) is 10.6 Å². The first-order chi connectivity index (χ1) is 17.6. The Morgan fingerprint density at radius 3 is 2.54 bits per heavy atom. The van der Waals surface area contributed by atoms with Gasteiger partial charge in [-0.25, -0.2) is 23.5 Å². The molecule has 2 atom stereocenters. The van der Waals surface area contributed by atoms with Crippen LogP contribution in [0.25, 0.3) is 0 Å². The van der Waals surface area contributed by atoms with E-state index >= 15 is 0 Å². The van der Waals surface area contributed by atoms with Crippen LogP contribution >= 0.6 is 0 Å². The van der Waals surface area contributed by atoms with Gasteiger partial charge in [0.2, 0.25) is 11.7 Å². The Labute approximate surface area is 205 Å². The number of halogens is 5. The molecule has 5 heterocycles. The molecule has 3 aromatic rings. The van der Waals surface area contributed by atoms with E-state index in [4.69, 9.17) is 14.2 Å². The fourth-order valence-electron chi connectivity index (χ4n) is 5.05. The quantitative estimate of drug-likeness (QED) is 0.470. The lowest BCUT2D eigenvalue weighted by Gasteiger charge is -2.44. The van der Waals surface area contributed by atoms with Crippen molar-refractivity contribution in [1.29, 1.82) is 0 Å². The van der Waals surface area contributed by atoms with Crippen molar-refractivity contribution in [2.45, 2.75) is 43.8 Å². The van der Waals surface area contributed by atoms with Gasteiger partial charge in [0, 0.05) is 25.6 Å². The molecule has 1 spiro atoms. The SMILES string of the molecule is O=c1nc(OCc2cc(F)c(Oc3cnc(C(F)(F)F)nc3)c(F)c2)cc2n1CC[C@]13CO[C@H](CN21)C3. The van der Waals surface area contributed by atoms with Crippen molar-refractivity contribution < 1.29 is 36.2 Å². The zero-order chi connectivity index (χ0) is 25.9. The summed E-state index contributed by atoms with van der Waals surface area (Å²) in [5, 5.41) is 0. The van der Waals surface area contributed by atoms with Crippen LogP contribution in [0.5, 0.6) is 17.4 Å². The predicted molar refractivity (Wildman–Crippen MR) is 115 cm³/mol. The maximum atomic E-state index is 14.6. The van der Waals surface area contributed by atoms with Crippen LogP contribution in [-0.4, -0.2) is 44.3 Å². The minimum Gasteiger partial charge on any atom is -0.473 e. The number of morpholine rings is 1. The molecule has 3 aliphatic rings. The van der Waals surface area contributed by atoms with Gasteiger partial charge in [0.1, 0.15) is 12.4 Å². The molecule has 0 unspecified atom stereocenters. The molecule has 0 saturated carbocycles. The molecule has 0 N–H and O–H groups in total. The summed E-state index contributed by atoms with van der Waals surface area (Å²) in [6.45, 7) is 1.46. The van der Waals surface area contributed by atoms with E-state index in [9.17, 15) is 26.7 Å². The Balaban J connectivity index is 1.18. The molecular weight excluding hydrogens is 505 g/mol. The third-order valence-electron chi connectivity index (χ3n) is 6.74. The van der Waals surface area contributed by atoms with Crippen molar-refractivity contribution in [3.63, 3.8) is 0 Å². The van der Waals surface area contributed by atoms with Crippen molar-refractivity contribution in [3.05, 3.63) is 64.1 Å². The summed E-state index contributed by atoms with van der Waals surface area (Å²) in [7, 11) is 0. The predicted octanol–water partition coefficient (Wildman–Crippen LogP) is 3.45. The largest absolute Gasteiger partial charge is 0.473 e. The Bertz CT molecular complexity index is 1410. The summed E-state index contributed by atoms with van der Waals surface area (Å²) in [4.78, 5) is 24.9. The van der Waals surface area contributed by atoms with Crippen molar-refractivity contribution in [1.82, 2.24) is 19.5 Å². The summed E-state index contributed by atoms with van der Waals surface area (Å²) in [6, 6.07) is 3.53. The highest BCUT2D eigenvalue weighted by Gasteiger charge is 2.54. The number of hydrogen-bond donors (Lipinski definition) is 0. The number of rotatable bonds is 5. The van der Waals surface area contributed by atoms with E-state index < -0.39 is 35.1 Å². The van der Waals surface area contributed by atoms with Crippen LogP contribution in [0.15, 0.2) is 35.4 Å². The number of alkyl halides is 3. The fraction of sp³-hybridized carbons (Fsp3) is 0.391. The highest BCUT2D eigenvalue weighted by atomic mass is 19.4. The third-order valence-corrected chi connectivity index (χ3v) is 6.74. The molecule has 0 amide bonds. The summed E-state index contributed by atoms with van der Waals surface area (Å²) in [6.07, 6.45) is -1.66. The molecule has 37 heavy (non-hydrogen) atoms. The van der Waals surface area contributed by atoms with Crippen molar-refractivity contribution in [2.75, 3.05) is 18.1 Å². The van der Waals surface area contributed by atoms with E-state index in [2.05, 4.69) is 19.9 Å². The molecule has 3 aliphatic heterocycles. The second-order valence-corrected chi connectivity index (χ2v) is 9.13. The average Bonchev–Trinajstić information content (AvgIpc) is 3.43. The van der Waals surface area contributed by atoms with Crippen LogP contribution in [0.4, 0.5) is 27.8 Å². The minimum absolute atomic E-state index is 0.0139. The maximum absolute atomic E-state index is 14.6. The lowest BCUT2D eigenvalue weighted by Crippen LogP contribution is -2.54. The topological polar surface area (TPSA) is 91.6 Å². The standard InChI is InChI=1S/C23H18F5N5O4/c24-15-3-12(4-16(25)19(15)37-14-7-29-20(30-8-14)23(26,27)28)10-35-17-5-18-32(21(34)31-17)2-1-22-6-13(36-11-22)9-33(18)22/h3-5,7-8,13H,1-2,6,9-11H2/t13-,22-/m0/s1. The zero-order valence-electron chi connectivity index (χ0n) is 19.0. The molecule has 1 aromatic carbocycles. The highest BCUT2D eigenvalue weighted by molar-refractivity contribution is 5.50. The molecule has 2 aromatic heterocycles. The van der Waals surface area contributed by atoms with Crippen LogP contribution < -0.4 is 20.1 Å². The van der Waals surface area contributed by atoms with Gasteiger partial charge < -0.3 is 19.1 Å². The molecule has 194 valence electrons. The fourth-order valence-corrected chi connectivity index (χ4v) is 5.05. The first kappa shape index (κ1) is 23.6. The number of fused-ring (bicyclic) bond motifs is 3. The molecule has 9 nitrogen and oxygen atoms in total. The van der Waals surface area contributed by atoms with E-state index in [1.807, 2.05) is 0 Å². The Kier molecular flexibility index (Phi) is 5.33. The first-order valence-electron chi connectivity index (χ1n) is 11.3. The summed E-state index contributed by atoms with van der Waals surface area (Å²) in [5.74, 6) is -4.18. The van der Waals surface area contributed by atoms with Gasteiger partial charge in [-0.2, -0.15) is 18.2 Å². The smallest absolute Gasteiger partial charge is 0.451 e. The van der Waals surface area contributed by atoms with Gasteiger partial charge in [-0.05, 0) is 24.1 Å².